The number of aliphatic carboxylic acids is 1. The van der Waals surface area contributed by atoms with Gasteiger partial charge in [0, 0.05) is 17.9 Å². The minimum atomic E-state index is -1.01. The van der Waals surface area contributed by atoms with Crippen LogP contribution < -0.4 is 0 Å². The predicted octanol–water partition coefficient (Wildman–Crippen LogP) is 1.80. The van der Waals surface area contributed by atoms with E-state index in [0.29, 0.717) is 11.1 Å². The van der Waals surface area contributed by atoms with Crippen molar-refractivity contribution < 1.29 is 9.90 Å². The van der Waals surface area contributed by atoms with E-state index >= 15 is 0 Å². The van der Waals surface area contributed by atoms with E-state index in [1.807, 2.05) is 0 Å². The van der Waals surface area contributed by atoms with Crippen LogP contribution in [0.5, 0.6) is 0 Å². The Balaban J connectivity index is 2.97. The topological polar surface area (TPSA) is 85.0 Å². The molecular weight excluding hydrogens is 192 g/mol. The first-order chi connectivity index (χ1) is 7.13. The van der Waals surface area contributed by atoms with Crippen LogP contribution in [0, 0.1) is 10.8 Å². The van der Waals surface area contributed by atoms with E-state index in [2.05, 4.69) is 0 Å². The van der Waals surface area contributed by atoms with Crippen molar-refractivity contribution in [1.82, 2.24) is 0 Å². The van der Waals surface area contributed by atoms with Crippen molar-refractivity contribution in [3.63, 3.8) is 0 Å². The maximum atomic E-state index is 10.3. The lowest BCUT2D eigenvalue weighted by molar-refractivity contribution is -0.131. The zero-order valence-corrected chi connectivity index (χ0v) is 7.90. The summed E-state index contributed by atoms with van der Waals surface area (Å²) < 4.78 is 0. The Bertz CT molecular complexity index is 436. The van der Waals surface area contributed by atoms with Crippen LogP contribution in [0.3, 0.4) is 0 Å². The van der Waals surface area contributed by atoms with Crippen molar-refractivity contribution >= 4 is 24.0 Å². The molecule has 15 heavy (non-hydrogen) atoms. The molecule has 0 aromatic heterocycles. The molecule has 3 N–H and O–H groups in total. The average molecular weight is 202 g/mol. The van der Waals surface area contributed by atoms with Gasteiger partial charge in [0.2, 0.25) is 0 Å². The van der Waals surface area contributed by atoms with Gasteiger partial charge in [-0.1, -0.05) is 18.2 Å². The van der Waals surface area contributed by atoms with Gasteiger partial charge in [0.15, 0.2) is 0 Å². The Labute approximate surface area is 86.9 Å². The number of nitrogens with one attached hydrogen (secondary N) is 2. The molecule has 0 fully saturated rings. The van der Waals surface area contributed by atoms with Crippen LogP contribution in [0.15, 0.2) is 30.3 Å². The zero-order chi connectivity index (χ0) is 11.3. The third kappa shape index (κ3) is 3.19. The first kappa shape index (κ1) is 10.8. The lowest BCUT2D eigenvalue weighted by atomic mass is 10.1. The third-order valence-electron chi connectivity index (χ3n) is 1.76. The van der Waals surface area contributed by atoms with E-state index in [-0.39, 0.29) is 5.71 Å². The van der Waals surface area contributed by atoms with Crippen molar-refractivity contribution in [3.05, 3.63) is 41.5 Å². The zero-order valence-electron chi connectivity index (χ0n) is 7.90. The molecule has 76 valence electrons. The number of rotatable bonds is 4. The van der Waals surface area contributed by atoms with E-state index in [1.54, 1.807) is 24.3 Å². The van der Waals surface area contributed by atoms with Crippen molar-refractivity contribution in [2.45, 2.75) is 0 Å². The molecule has 0 radical (unpaired) electrons. The molecule has 0 unspecified atom stereocenters. The maximum Gasteiger partial charge on any atom is 0.328 e. The Kier molecular flexibility index (Phi) is 3.51. The van der Waals surface area contributed by atoms with Gasteiger partial charge < -0.3 is 10.5 Å². The second kappa shape index (κ2) is 4.85. The molecule has 1 rings (SSSR count). The first-order valence-corrected chi connectivity index (χ1v) is 4.24. The molecule has 4 heteroatoms. The maximum absolute atomic E-state index is 10.3. The Morgan fingerprint density at radius 2 is 2.13 bits per heavy atom. The van der Waals surface area contributed by atoms with Crippen LogP contribution >= 0.6 is 0 Å². The fourth-order valence-corrected chi connectivity index (χ4v) is 1.06. The summed E-state index contributed by atoms with van der Waals surface area (Å²) in [7, 11) is 0. The molecule has 1 aromatic carbocycles. The van der Waals surface area contributed by atoms with Crippen LogP contribution in [0.1, 0.15) is 11.1 Å². The number of hydrogen-bond acceptors (Lipinski definition) is 3. The largest absolute Gasteiger partial charge is 0.478 e. The lowest BCUT2D eigenvalue weighted by Gasteiger charge is -1.99. The number of carbonyl (C=O) groups is 1. The van der Waals surface area contributed by atoms with Gasteiger partial charge in [-0.05, 0) is 17.7 Å². The summed E-state index contributed by atoms with van der Waals surface area (Å²) in [5, 5.41) is 22.8. The van der Waals surface area contributed by atoms with Crippen LogP contribution in [-0.2, 0) is 4.79 Å². The normalized spacial score (nSPS) is 10.1. The molecule has 4 nitrogen and oxygen atoms in total. The van der Waals surface area contributed by atoms with Crippen LogP contribution in [0.2, 0.25) is 0 Å². The van der Waals surface area contributed by atoms with E-state index < -0.39 is 5.97 Å². The Hall–Kier alpha value is -2.23. The monoisotopic (exact) mass is 202 g/mol. The average Bonchev–Trinajstić information content (AvgIpc) is 2.25. The fraction of sp³-hybridized carbons (Fsp3) is 0. The molecular formula is C11H10N2O2. The van der Waals surface area contributed by atoms with Gasteiger partial charge in [-0.3, -0.25) is 5.41 Å². The first-order valence-electron chi connectivity index (χ1n) is 4.24. The summed E-state index contributed by atoms with van der Waals surface area (Å²) in [6, 6.07) is 6.81. The van der Waals surface area contributed by atoms with Gasteiger partial charge in [0.25, 0.3) is 0 Å². The van der Waals surface area contributed by atoms with Gasteiger partial charge in [-0.2, -0.15) is 0 Å². The van der Waals surface area contributed by atoms with Gasteiger partial charge in [0.1, 0.15) is 0 Å². The predicted molar refractivity (Wildman–Crippen MR) is 58.7 cm³/mol. The second-order valence-corrected chi connectivity index (χ2v) is 2.86. The molecule has 0 aliphatic carbocycles. The molecule has 1 aromatic rings. The molecule has 0 bridgehead atoms. The Morgan fingerprint density at radius 1 is 1.40 bits per heavy atom. The highest BCUT2D eigenvalue weighted by molar-refractivity contribution is 6.35. The number of hydrogen-bond donors (Lipinski definition) is 3. The van der Waals surface area contributed by atoms with E-state index in [0.717, 1.165) is 12.3 Å². The van der Waals surface area contributed by atoms with E-state index in [9.17, 15) is 4.79 Å². The highest BCUT2D eigenvalue weighted by Crippen LogP contribution is 2.07. The van der Waals surface area contributed by atoms with E-state index in [4.69, 9.17) is 15.9 Å². The van der Waals surface area contributed by atoms with Crippen LogP contribution in [0.25, 0.3) is 6.08 Å². The minimum Gasteiger partial charge on any atom is -0.478 e. The second-order valence-electron chi connectivity index (χ2n) is 2.86. The summed E-state index contributed by atoms with van der Waals surface area (Å²) in [6.45, 7) is 0. The summed E-state index contributed by atoms with van der Waals surface area (Å²) in [5.74, 6) is -1.01. The Morgan fingerprint density at radius 3 is 2.73 bits per heavy atom. The summed E-state index contributed by atoms with van der Waals surface area (Å²) in [6.07, 6.45) is 3.43. The van der Waals surface area contributed by atoms with Crippen molar-refractivity contribution in [1.29, 1.82) is 10.8 Å². The van der Waals surface area contributed by atoms with Crippen molar-refractivity contribution in [2.24, 2.45) is 0 Å². The highest BCUT2D eigenvalue weighted by Gasteiger charge is 1.97. The van der Waals surface area contributed by atoms with Gasteiger partial charge in [-0.15, -0.1) is 0 Å². The van der Waals surface area contributed by atoms with E-state index in [1.165, 1.54) is 6.08 Å². The van der Waals surface area contributed by atoms with Crippen molar-refractivity contribution in [3.8, 4) is 0 Å². The highest BCUT2D eigenvalue weighted by atomic mass is 16.4. The van der Waals surface area contributed by atoms with Crippen LogP contribution in [-0.4, -0.2) is 23.0 Å². The standard InChI is InChI=1S/C11H10N2O2/c12-7-10(13)9-3-1-2-8(6-9)4-5-11(14)15/h1-7,12-13H,(H,14,15)/b5-4+,12-7?,13-10?. The quantitative estimate of drug-likeness (QED) is 0.513. The third-order valence-corrected chi connectivity index (χ3v) is 1.76. The smallest absolute Gasteiger partial charge is 0.328 e. The molecule has 0 aliphatic rings. The molecule has 0 atom stereocenters. The number of benzene rings is 1. The molecule has 0 spiro atoms. The molecule has 0 heterocycles. The summed E-state index contributed by atoms with van der Waals surface area (Å²) >= 11 is 0. The van der Waals surface area contributed by atoms with Crippen LogP contribution in [0.4, 0.5) is 0 Å². The lowest BCUT2D eigenvalue weighted by Crippen LogP contribution is -1.99. The number of carboxylic acid groups (broad SMARTS) is 1. The molecule has 0 amide bonds. The van der Waals surface area contributed by atoms with Crippen molar-refractivity contribution in [2.75, 3.05) is 0 Å². The fourth-order valence-electron chi connectivity index (χ4n) is 1.06. The van der Waals surface area contributed by atoms with Gasteiger partial charge in [-0.25, -0.2) is 4.79 Å². The molecule has 0 saturated heterocycles. The molecule has 0 aliphatic heterocycles. The number of carboxylic acids is 1. The summed E-state index contributed by atoms with van der Waals surface area (Å²) in [4.78, 5) is 10.3. The minimum absolute atomic E-state index is 0.0978. The van der Waals surface area contributed by atoms with Gasteiger partial charge in [0.05, 0.1) is 5.71 Å². The van der Waals surface area contributed by atoms with Gasteiger partial charge >= 0.3 is 5.97 Å². The SMILES string of the molecule is N=CC(=N)c1cccc(/C=C/C(=O)O)c1. The molecule has 0 saturated carbocycles. The summed E-state index contributed by atoms with van der Waals surface area (Å²) in [5.41, 5.74) is 1.39.